The summed E-state index contributed by atoms with van der Waals surface area (Å²) in [6, 6.07) is -0.791. The number of aliphatic hydroxyl groups excluding tert-OH is 1. The third-order valence-corrected chi connectivity index (χ3v) is 4.00. The van der Waals surface area contributed by atoms with Crippen LogP contribution in [0.2, 0.25) is 0 Å². The van der Waals surface area contributed by atoms with Crippen LogP contribution in [0, 0.1) is 0 Å². The molecule has 1 saturated carbocycles. The van der Waals surface area contributed by atoms with Gasteiger partial charge in [-0.2, -0.15) is 0 Å². The first-order valence-electron chi connectivity index (χ1n) is 5.63. The van der Waals surface area contributed by atoms with Crippen LogP contribution in [0.25, 0.3) is 0 Å². The third-order valence-electron chi connectivity index (χ3n) is 2.99. The zero-order valence-corrected chi connectivity index (χ0v) is 10.2. The predicted molar refractivity (Wildman–Crippen MR) is 62.8 cm³/mol. The summed E-state index contributed by atoms with van der Waals surface area (Å²) in [5.41, 5.74) is 0. The van der Waals surface area contributed by atoms with Gasteiger partial charge in [0.1, 0.15) is 6.04 Å². The Balaban J connectivity index is 2.03. The molecular formula is C10H16N2O4S. The average Bonchev–Trinajstić information content (AvgIpc) is 3.00. The number of thioether (sulfide) groups is 1. The van der Waals surface area contributed by atoms with Gasteiger partial charge in [-0.1, -0.05) is 0 Å². The molecule has 2 N–H and O–H groups in total. The minimum Gasteiger partial charge on any atom is -0.480 e. The van der Waals surface area contributed by atoms with E-state index in [-0.39, 0.29) is 25.2 Å². The molecule has 1 aliphatic heterocycles. The molecule has 96 valence electrons. The van der Waals surface area contributed by atoms with Gasteiger partial charge in [0, 0.05) is 18.3 Å². The summed E-state index contributed by atoms with van der Waals surface area (Å²) in [7, 11) is 0. The molecule has 0 aromatic rings. The summed E-state index contributed by atoms with van der Waals surface area (Å²) in [6.45, 7) is 0.206. The van der Waals surface area contributed by atoms with Crippen molar-refractivity contribution in [3.05, 3.63) is 0 Å². The number of carbonyl (C=O) groups excluding carboxylic acids is 1. The second-order valence-electron chi connectivity index (χ2n) is 4.25. The molecule has 2 aliphatic rings. The molecule has 6 nitrogen and oxygen atoms in total. The summed E-state index contributed by atoms with van der Waals surface area (Å²) in [4.78, 5) is 26.2. The minimum absolute atomic E-state index is 0.0824. The van der Waals surface area contributed by atoms with Crippen molar-refractivity contribution < 1.29 is 19.8 Å². The van der Waals surface area contributed by atoms with Gasteiger partial charge in [0.05, 0.1) is 12.5 Å². The van der Waals surface area contributed by atoms with Gasteiger partial charge in [-0.05, 0) is 12.8 Å². The van der Waals surface area contributed by atoms with Crippen molar-refractivity contribution in [2.24, 2.45) is 0 Å². The Bertz CT molecular complexity index is 321. The van der Waals surface area contributed by atoms with E-state index in [4.69, 9.17) is 10.2 Å². The summed E-state index contributed by atoms with van der Waals surface area (Å²) in [6.07, 6.45) is 1.90. The Hall–Kier alpha value is -0.950. The van der Waals surface area contributed by atoms with Crippen molar-refractivity contribution in [1.29, 1.82) is 0 Å². The Labute approximate surface area is 104 Å². The SMILES string of the molecule is O=C(O)C1CSCN1C(=O)N(CCO)C1CC1. The monoisotopic (exact) mass is 260 g/mol. The number of nitrogens with zero attached hydrogens (tertiary/aromatic N) is 2. The van der Waals surface area contributed by atoms with Gasteiger partial charge in [0.25, 0.3) is 0 Å². The molecule has 1 heterocycles. The summed E-state index contributed by atoms with van der Waals surface area (Å²) < 4.78 is 0. The van der Waals surface area contributed by atoms with E-state index < -0.39 is 12.0 Å². The van der Waals surface area contributed by atoms with Gasteiger partial charge in [-0.3, -0.25) is 0 Å². The van der Waals surface area contributed by atoms with Crippen molar-refractivity contribution in [2.75, 3.05) is 24.8 Å². The fourth-order valence-corrected chi connectivity index (χ4v) is 3.07. The molecule has 1 unspecified atom stereocenters. The lowest BCUT2D eigenvalue weighted by Gasteiger charge is -2.29. The largest absolute Gasteiger partial charge is 0.480 e. The number of carboxylic acid groups (broad SMARTS) is 1. The fourth-order valence-electron chi connectivity index (χ4n) is 1.93. The quantitative estimate of drug-likeness (QED) is 0.745. The molecule has 0 aromatic heterocycles. The topological polar surface area (TPSA) is 81.1 Å². The number of hydrogen-bond acceptors (Lipinski definition) is 4. The smallest absolute Gasteiger partial charge is 0.327 e. The summed E-state index contributed by atoms with van der Waals surface area (Å²) in [5, 5.41) is 18.0. The van der Waals surface area contributed by atoms with Crippen LogP contribution >= 0.6 is 11.8 Å². The Morgan fingerprint density at radius 3 is 2.65 bits per heavy atom. The molecule has 2 amide bonds. The van der Waals surface area contributed by atoms with Crippen LogP contribution in [-0.4, -0.2) is 68.9 Å². The fraction of sp³-hybridized carbons (Fsp3) is 0.800. The summed E-state index contributed by atoms with van der Waals surface area (Å²) >= 11 is 1.45. The van der Waals surface area contributed by atoms with E-state index >= 15 is 0 Å². The van der Waals surface area contributed by atoms with E-state index in [1.807, 2.05) is 0 Å². The van der Waals surface area contributed by atoms with E-state index in [1.165, 1.54) is 16.7 Å². The average molecular weight is 260 g/mol. The molecular weight excluding hydrogens is 244 g/mol. The molecule has 0 radical (unpaired) electrons. The molecule has 1 saturated heterocycles. The highest BCUT2D eigenvalue weighted by Gasteiger charge is 2.40. The maximum atomic E-state index is 12.2. The van der Waals surface area contributed by atoms with Gasteiger partial charge in [0.15, 0.2) is 0 Å². The van der Waals surface area contributed by atoms with E-state index in [2.05, 4.69) is 0 Å². The molecule has 0 spiro atoms. The molecule has 1 atom stereocenters. The minimum atomic E-state index is -0.955. The van der Waals surface area contributed by atoms with Crippen molar-refractivity contribution in [3.8, 4) is 0 Å². The van der Waals surface area contributed by atoms with Crippen molar-refractivity contribution >= 4 is 23.8 Å². The van der Waals surface area contributed by atoms with E-state index in [0.717, 1.165) is 12.8 Å². The second kappa shape index (κ2) is 5.14. The number of urea groups is 1. The lowest BCUT2D eigenvalue weighted by Crippen LogP contribution is -2.50. The summed E-state index contributed by atoms with van der Waals surface area (Å²) in [5.74, 6) is -0.0912. The highest BCUT2D eigenvalue weighted by Crippen LogP contribution is 2.30. The lowest BCUT2D eigenvalue weighted by molar-refractivity contribution is -0.140. The number of hydrogen-bond donors (Lipinski definition) is 2. The molecule has 1 aliphatic carbocycles. The van der Waals surface area contributed by atoms with Gasteiger partial charge < -0.3 is 20.0 Å². The van der Waals surface area contributed by atoms with Crippen LogP contribution < -0.4 is 0 Å². The Morgan fingerprint density at radius 2 is 2.12 bits per heavy atom. The zero-order valence-electron chi connectivity index (χ0n) is 9.41. The molecule has 0 aromatic carbocycles. The van der Waals surface area contributed by atoms with Crippen LogP contribution in [0.4, 0.5) is 4.79 Å². The van der Waals surface area contributed by atoms with Crippen LogP contribution in [0.1, 0.15) is 12.8 Å². The number of rotatable bonds is 4. The highest BCUT2D eigenvalue weighted by molar-refractivity contribution is 7.99. The van der Waals surface area contributed by atoms with Gasteiger partial charge in [0.2, 0.25) is 0 Å². The van der Waals surface area contributed by atoms with E-state index in [0.29, 0.717) is 11.6 Å². The number of aliphatic carboxylic acids is 1. The van der Waals surface area contributed by atoms with E-state index in [1.54, 1.807) is 4.90 Å². The number of amides is 2. The standard InChI is InChI=1S/C10H16N2O4S/c13-4-3-11(7-1-2-7)10(16)12-6-17-5-8(12)9(14)15/h7-8,13H,1-6H2,(H,14,15). The number of aliphatic hydroxyl groups is 1. The molecule has 2 rings (SSSR count). The first-order chi connectivity index (χ1) is 8.15. The zero-order chi connectivity index (χ0) is 12.4. The Morgan fingerprint density at radius 1 is 1.41 bits per heavy atom. The van der Waals surface area contributed by atoms with Gasteiger partial charge in [-0.25, -0.2) is 9.59 Å². The molecule has 2 fully saturated rings. The van der Waals surface area contributed by atoms with E-state index in [9.17, 15) is 9.59 Å². The van der Waals surface area contributed by atoms with Crippen molar-refractivity contribution in [3.63, 3.8) is 0 Å². The van der Waals surface area contributed by atoms with Crippen LogP contribution in [-0.2, 0) is 4.79 Å². The number of carbonyl (C=O) groups is 2. The number of carboxylic acids is 1. The first kappa shape index (κ1) is 12.5. The Kier molecular flexibility index (Phi) is 3.78. The van der Waals surface area contributed by atoms with Crippen molar-refractivity contribution in [1.82, 2.24) is 9.80 Å². The highest BCUT2D eigenvalue weighted by atomic mass is 32.2. The van der Waals surface area contributed by atoms with Gasteiger partial charge in [-0.15, -0.1) is 11.8 Å². The molecule has 0 bridgehead atoms. The molecule has 17 heavy (non-hydrogen) atoms. The molecule has 7 heteroatoms. The first-order valence-corrected chi connectivity index (χ1v) is 6.79. The lowest BCUT2D eigenvalue weighted by atomic mass is 10.3. The van der Waals surface area contributed by atoms with Crippen LogP contribution in [0.3, 0.4) is 0 Å². The van der Waals surface area contributed by atoms with Gasteiger partial charge >= 0.3 is 12.0 Å². The van der Waals surface area contributed by atoms with Crippen LogP contribution in [0.15, 0.2) is 0 Å². The second-order valence-corrected chi connectivity index (χ2v) is 5.25. The maximum Gasteiger partial charge on any atom is 0.327 e. The normalized spacial score (nSPS) is 23.8. The predicted octanol–water partition coefficient (Wildman–Crippen LogP) is 0.0226. The van der Waals surface area contributed by atoms with Crippen LogP contribution in [0.5, 0.6) is 0 Å². The van der Waals surface area contributed by atoms with Crippen molar-refractivity contribution in [2.45, 2.75) is 24.9 Å². The maximum absolute atomic E-state index is 12.2. The third kappa shape index (κ3) is 2.66.